The lowest BCUT2D eigenvalue weighted by Gasteiger charge is -2.13. The van der Waals surface area contributed by atoms with Gasteiger partial charge in [0.2, 0.25) is 5.89 Å². The lowest BCUT2D eigenvalue weighted by atomic mass is 10.1. The van der Waals surface area contributed by atoms with Crippen molar-refractivity contribution in [2.75, 3.05) is 11.9 Å². The van der Waals surface area contributed by atoms with Crippen LogP contribution in [-0.2, 0) is 0 Å². The smallest absolute Gasteiger partial charge is 0.322 e. The fourth-order valence-corrected chi connectivity index (χ4v) is 1.88. The maximum absolute atomic E-state index is 6.03. The Bertz CT molecular complexity index is 509. The maximum atomic E-state index is 6.03. The van der Waals surface area contributed by atoms with Gasteiger partial charge in [-0.2, -0.15) is 0 Å². The van der Waals surface area contributed by atoms with E-state index in [2.05, 4.69) is 24.0 Å². The van der Waals surface area contributed by atoms with Gasteiger partial charge in [0, 0.05) is 12.7 Å². The van der Waals surface area contributed by atoms with Gasteiger partial charge in [-0.25, -0.2) is 0 Å². The molecule has 0 amide bonds. The van der Waals surface area contributed by atoms with Gasteiger partial charge in [0.1, 0.15) is 0 Å². The molecule has 1 aromatic heterocycles. The van der Waals surface area contributed by atoms with Crippen molar-refractivity contribution in [2.45, 2.75) is 26.3 Å². The molecule has 1 aromatic carbocycles. The van der Waals surface area contributed by atoms with Crippen LogP contribution in [0.25, 0.3) is 0 Å². The molecular weight excluding hydrogens is 240 g/mol. The molecule has 1 atom stereocenters. The van der Waals surface area contributed by atoms with Crippen LogP contribution in [0.3, 0.4) is 0 Å². The topological polar surface area (TPSA) is 68.2 Å². The third-order valence-electron chi connectivity index (χ3n) is 2.90. The molecule has 0 fully saturated rings. The zero-order valence-corrected chi connectivity index (χ0v) is 11.6. The molecule has 0 saturated carbocycles. The zero-order chi connectivity index (χ0) is 13.8. The summed E-state index contributed by atoms with van der Waals surface area (Å²) in [6.07, 6.45) is 0.830. The van der Waals surface area contributed by atoms with E-state index in [1.807, 2.05) is 42.3 Å². The first-order chi connectivity index (χ1) is 9.08. The van der Waals surface area contributed by atoms with Gasteiger partial charge >= 0.3 is 6.01 Å². The summed E-state index contributed by atoms with van der Waals surface area (Å²) in [6, 6.07) is 10.1. The summed E-state index contributed by atoms with van der Waals surface area (Å²) in [4.78, 5) is 1.85. The molecule has 0 aliphatic heterocycles. The highest BCUT2D eigenvalue weighted by Gasteiger charge is 2.18. The molecular formula is C14H20N4O. The van der Waals surface area contributed by atoms with Crippen molar-refractivity contribution < 1.29 is 4.42 Å². The molecule has 0 aliphatic carbocycles. The number of benzene rings is 1. The van der Waals surface area contributed by atoms with E-state index in [1.165, 1.54) is 0 Å². The highest BCUT2D eigenvalue weighted by Crippen LogP contribution is 2.24. The van der Waals surface area contributed by atoms with E-state index in [0.717, 1.165) is 12.1 Å². The van der Waals surface area contributed by atoms with Crippen LogP contribution >= 0.6 is 0 Å². The van der Waals surface area contributed by atoms with Crippen LogP contribution < -0.4 is 10.6 Å². The summed E-state index contributed by atoms with van der Waals surface area (Å²) in [5.41, 5.74) is 7.03. The second-order valence-electron chi connectivity index (χ2n) is 5.05. The Labute approximate surface area is 113 Å². The first-order valence-electron chi connectivity index (χ1n) is 6.45. The highest BCUT2D eigenvalue weighted by atomic mass is 16.4. The molecule has 2 aromatic rings. The second kappa shape index (κ2) is 5.84. The summed E-state index contributed by atoms with van der Waals surface area (Å²) in [7, 11) is 1.89. The van der Waals surface area contributed by atoms with E-state index in [1.54, 1.807) is 0 Å². The first-order valence-corrected chi connectivity index (χ1v) is 6.45. The largest absolute Gasteiger partial charge is 0.406 e. The molecule has 19 heavy (non-hydrogen) atoms. The molecule has 5 nitrogen and oxygen atoms in total. The molecule has 0 spiro atoms. The molecule has 2 N–H and O–H groups in total. The predicted octanol–water partition coefficient (Wildman–Crippen LogP) is 2.88. The molecule has 102 valence electrons. The van der Waals surface area contributed by atoms with Gasteiger partial charge in [0.25, 0.3) is 0 Å². The van der Waals surface area contributed by atoms with E-state index >= 15 is 0 Å². The normalized spacial score (nSPS) is 12.7. The quantitative estimate of drug-likeness (QED) is 0.895. The third-order valence-corrected chi connectivity index (χ3v) is 2.90. The van der Waals surface area contributed by atoms with Crippen molar-refractivity contribution >= 4 is 11.7 Å². The SMILES string of the molecule is CC(C)CC(N)c1nnc(N(C)c2ccccc2)o1. The van der Waals surface area contributed by atoms with Crippen LogP contribution in [0.1, 0.15) is 32.2 Å². The van der Waals surface area contributed by atoms with Crippen molar-refractivity contribution in [3.8, 4) is 0 Å². The minimum atomic E-state index is -0.203. The number of nitrogens with two attached hydrogens (primary N) is 1. The van der Waals surface area contributed by atoms with Gasteiger partial charge in [-0.1, -0.05) is 37.1 Å². The highest BCUT2D eigenvalue weighted by molar-refractivity contribution is 5.54. The number of hydrogen-bond donors (Lipinski definition) is 1. The number of para-hydroxylation sites is 1. The van der Waals surface area contributed by atoms with Crippen molar-refractivity contribution in [2.24, 2.45) is 11.7 Å². The Morgan fingerprint density at radius 3 is 2.53 bits per heavy atom. The van der Waals surface area contributed by atoms with E-state index in [-0.39, 0.29) is 6.04 Å². The second-order valence-corrected chi connectivity index (χ2v) is 5.05. The minimum Gasteiger partial charge on any atom is -0.406 e. The molecule has 1 unspecified atom stereocenters. The van der Waals surface area contributed by atoms with Crippen molar-refractivity contribution in [3.05, 3.63) is 36.2 Å². The molecule has 2 rings (SSSR count). The van der Waals surface area contributed by atoms with Crippen molar-refractivity contribution in [3.63, 3.8) is 0 Å². The summed E-state index contributed by atoms with van der Waals surface area (Å²) >= 11 is 0. The van der Waals surface area contributed by atoms with Gasteiger partial charge in [-0.05, 0) is 24.5 Å². The predicted molar refractivity (Wildman–Crippen MR) is 75.2 cm³/mol. The molecule has 0 aliphatic rings. The number of hydrogen-bond acceptors (Lipinski definition) is 5. The average molecular weight is 260 g/mol. The van der Waals surface area contributed by atoms with Crippen LogP contribution in [0.15, 0.2) is 34.7 Å². The number of rotatable bonds is 5. The standard InChI is InChI=1S/C14H20N4O/c1-10(2)9-12(15)13-16-17-14(19-13)18(3)11-7-5-4-6-8-11/h4-8,10,12H,9,15H2,1-3H3. The third kappa shape index (κ3) is 3.32. The monoisotopic (exact) mass is 260 g/mol. The summed E-state index contributed by atoms with van der Waals surface area (Å²) in [5.74, 6) is 0.990. The Kier molecular flexibility index (Phi) is 4.16. The zero-order valence-electron chi connectivity index (χ0n) is 11.6. The minimum absolute atomic E-state index is 0.203. The molecule has 0 radical (unpaired) electrons. The fourth-order valence-electron chi connectivity index (χ4n) is 1.88. The first kappa shape index (κ1) is 13.5. The molecule has 0 saturated heterocycles. The molecule has 5 heteroatoms. The van der Waals surface area contributed by atoms with E-state index in [0.29, 0.717) is 17.8 Å². The van der Waals surface area contributed by atoms with Gasteiger partial charge in [0.15, 0.2) is 0 Å². The lowest BCUT2D eigenvalue weighted by molar-refractivity contribution is 0.406. The van der Waals surface area contributed by atoms with E-state index < -0.39 is 0 Å². The Morgan fingerprint density at radius 1 is 1.21 bits per heavy atom. The summed E-state index contributed by atoms with van der Waals surface area (Å²) < 4.78 is 5.64. The summed E-state index contributed by atoms with van der Waals surface area (Å²) in [5, 5.41) is 8.08. The lowest BCUT2D eigenvalue weighted by Crippen LogP contribution is -2.13. The number of nitrogens with zero attached hydrogens (tertiary/aromatic N) is 3. The van der Waals surface area contributed by atoms with E-state index in [9.17, 15) is 0 Å². The van der Waals surface area contributed by atoms with Gasteiger partial charge in [-0.3, -0.25) is 4.90 Å². The number of aromatic nitrogens is 2. The summed E-state index contributed by atoms with van der Waals surface area (Å²) in [6.45, 7) is 4.24. The van der Waals surface area contributed by atoms with Crippen LogP contribution in [0.2, 0.25) is 0 Å². The van der Waals surface area contributed by atoms with Crippen molar-refractivity contribution in [1.82, 2.24) is 10.2 Å². The number of anilines is 2. The Hall–Kier alpha value is -1.88. The Morgan fingerprint density at radius 2 is 1.89 bits per heavy atom. The Balaban J connectivity index is 2.13. The van der Waals surface area contributed by atoms with Crippen molar-refractivity contribution in [1.29, 1.82) is 0 Å². The molecule has 0 bridgehead atoms. The van der Waals surface area contributed by atoms with Crippen LogP contribution in [0, 0.1) is 5.92 Å². The van der Waals surface area contributed by atoms with Crippen LogP contribution in [0.4, 0.5) is 11.7 Å². The average Bonchev–Trinajstić information content (AvgIpc) is 2.88. The van der Waals surface area contributed by atoms with Crippen LogP contribution in [-0.4, -0.2) is 17.2 Å². The van der Waals surface area contributed by atoms with Gasteiger partial charge in [0.05, 0.1) is 6.04 Å². The van der Waals surface area contributed by atoms with Gasteiger partial charge < -0.3 is 10.2 Å². The molecule has 1 heterocycles. The van der Waals surface area contributed by atoms with E-state index in [4.69, 9.17) is 10.2 Å². The van der Waals surface area contributed by atoms with Crippen LogP contribution in [0.5, 0.6) is 0 Å². The maximum Gasteiger partial charge on any atom is 0.322 e. The van der Waals surface area contributed by atoms with Gasteiger partial charge in [-0.15, -0.1) is 5.10 Å². The fraction of sp³-hybridized carbons (Fsp3) is 0.429.